The maximum atomic E-state index is 13.1. The number of carbonyl (C=O) groups excluding carboxylic acids is 4. The van der Waals surface area contributed by atoms with Gasteiger partial charge in [-0.3, -0.25) is 28.9 Å². The van der Waals surface area contributed by atoms with Crippen LogP contribution in [0.4, 0.5) is 5.69 Å². The van der Waals surface area contributed by atoms with Gasteiger partial charge in [-0.25, -0.2) is 0 Å². The molecule has 3 fully saturated rings. The lowest BCUT2D eigenvalue weighted by molar-refractivity contribution is -0.122. The van der Waals surface area contributed by atoms with Crippen LogP contribution in [0.25, 0.3) is 11.3 Å². The van der Waals surface area contributed by atoms with Crippen LogP contribution in [0, 0.1) is 5.92 Å². The smallest absolute Gasteiger partial charge is 0.262 e. The molecule has 3 amide bonds. The van der Waals surface area contributed by atoms with E-state index in [4.69, 9.17) is 15.8 Å². The van der Waals surface area contributed by atoms with E-state index in [2.05, 4.69) is 22.3 Å². The molecule has 3 heterocycles. The third-order valence-corrected chi connectivity index (χ3v) is 9.13. The number of rotatable bonds is 12. The Kier molecular flexibility index (Phi) is 6.63. The van der Waals surface area contributed by atoms with Crippen molar-refractivity contribution in [1.29, 1.82) is 0 Å². The molecular formula is C32H34N6O4. The number of nitrogens with one attached hydrogen (secondary N) is 1. The molecule has 7 rings (SSSR count). The van der Waals surface area contributed by atoms with E-state index in [-0.39, 0.29) is 24.0 Å². The predicted octanol–water partition coefficient (Wildman–Crippen LogP) is 4.19. The summed E-state index contributed by atoms with van der Waals surface area (Å²) in [5.74, 6) is -0.296. The molecule has 0 bridgehead atoms. The van der Waals surface area contributed by atoms with Crippen LogP contribution in [0.15, 0.2) is 42.7 Å². The van der Waals surface area contributed by atoms with Crippen molar-refractivity contribution in [2.45, 2.75) is 75.3 Å². The van der Waals surface area contributed by atoms with Crippen molar-refractivity contribution in [3.05, 3.63) is 65.1 Å². The fraction of sp³-hybridized carbons (Fsp3) is 0.438. The van der Waals surface area contributed by atoms with Crippen LogP contribution < -0.4 is 11.1 Å². The predicted molar refractivity (Wildman–Crippen MR) is 155 cm³/mol. The first-order valence-electron chi connectivity index (χ1n) is 15.0. The average Bonchev–Trinajstić information content (AvgIpc) is 3.91. The van der Waals surface area contributed by atoms with Gasteiger partial charge < -0.3 is 15.8 Å². The summed E-state index contributed by atoms with van der Waals surface area (Å²) in [4.78, 5) is 54.5. The van der Waals surface area contributed by atoms with E-state index in [0.717, 1.165) is 35.7 Å². The first kappa shape index (κ1) is 26.6. The number of nitrogens with two attached hydrogens (primary N) is 1. The molecule has 1 aromatic carbocycles. The van der Waals surface area contributed by atoms with Crippen molar-refractivity contribution in [2.24, 2.45) is 11.7 Å². The van der Waals surface area contributed by atoms with E-state index in [0.29, 0.717) is 30.1 Å². The van der Waals surface area contributed by atoms with E-state index in [1.54, 1.807) is 18.2 Å². The number of carbonyl (C=O) groups is 4. The summed E-state index contributed by atoms with van der Waals surface area (Å²) in [5, 5.41) is 8.50. The van der Waals surface area contributed by atoms with Gasteiger partial charge in [0.1, 0.15) is 12.3 Å². The summed E-state index contributed by atoms with van der Waals surface area (Å²) in [5.41, 5.74) is 11.6. The standard InChI is InChI=1S/C32H34N6O4/c33-30(40)27(4-2-12-39)38-31(41)24-10-9-21(15-25(24)32(38)42)35-16-18-13-22(14-18)37-17-26(28(36-37)20-7-8-20)29-23(19-5-6-19)3-1-11-34-29/h1,3,9-12,15,17-20,22,27,35H,2,4-8,13-14,16H2,(H2,33,40)/t18-,22-,27?. The van der Waals surface area contributed by atoms with Crippen LogP contribution in [0.1, 0.15) is 101 Å². The van der Waals surface area contributed by atoms with Crippen LogP contribution in [-0.4, -0.2) is 56.3 Å². The molecule has 1 unspecified atom stereocenters. The number of fused-ring (bicyclic) bond motifs is 1. The Morgan fingerprint density at radius 2 is 1.81 bits per heavy atom. The summed E-state index contributed by atoms with van der Waals surface area (Å²) >= 11 is 0. The molecule has 10 nitrogen and oxygen atoms in total. The fourth-order valence-electron chi connectivity index (χ4n) is 6.42. The molecule has 10 heteroatoms. The molecule has 2 aromatic heterocycles. The number of nitrogens with zero attached hydrogens (tertiary/aromatic N) is 4. The molecule has 0 radical (unpaired) electrons. The number of aromatic nitrogens is 3. The largest absolute Gasteiger partial charge is 0.385 e. The summed E-state index contributed by atoms with van der Waals surface area (Å²) in [7, 11) is 0. The second kappa shape index (κ2) is 10.5. The van der Waals surface area contributed by atoms with Gasteiger partial charge in [0.15, 0.2) is 0 Å². The zero-order valence-electron chi connectivity index (χ0n) is 23.4. The van der Waals surface area contributed by atoms with Crippen molar-refractivity contribution < 1.29 is 19.2 Å². The lowest BCUT2D eigenvalue weighted by Gasteiger charge is -2.35. The first-order chi connectivity index (χ1) is 20.4. The first-order valence-corrected chi connectivity index (χ1v) is 15.0. The minimum atomic E-state index is -1.15. The van der Waals surface area contributed by atoms with Gasteiger partial charge >= 0.3 is 0 Å². The van der Waals surface area contributed by atoms with Crippen LogP contribution >= 0.6 is 0 Å². The Morgan fingerprint density at radius 1 is 1.05 bits per heavy atom. The normalized spacial score (nSPS) is 22.0. The maximum absolute atomic E-state index is 13.1. The molecule has 3 saturated carbocycles. The topological polar surface area (TPSA) is 140 Å². The zero-order valence-corrected chi connectivity index (χ0v) is 23.4. The second-order valence-corrected chi connectivity index (χ2v) is 12.2. The van der Waals surface area contributed by atoms with Crippen molar-refractivity contribution in [3.63, 3.8) is 0 Å². The van der Waals surface area contributed by atoms with Gasteiger partial charge in [-0.05, 0) is 86.6 Å². The third-order valence-electron chi connectivity index (χ3n) is 9.13. The number of benzene rings is 1. The fourth-order valence-corrected chi connectivity index (χ4v) is 6.42. The van der Waals surface area contributed by atoms with E-state index >= 15 is 0 Å². The quantitative estimate of drug-likeness (QED) is 0.247. The molecule has 3 aliphatic carbocycles. The number of anilines is 1. The van der Waals surface area contributed by atoms with Gasteiger partial charge in [0.05, 0.1) is 28.6 Å². The molecule has 216 valence electrons. The number of amides is 3. The molecule has 1 aliphatic heterocycles. The van der Waals surface area contributed by atoms with Gasteiger partial charge in [0.25, 0.3) is 11.8 Å². The highest BCUT2D eigenvalue weighted by Crippen LogP contribution is 2.49. The maximum Gasteiger partial charge on any atom is 0.262 e. The van der Waals surface area contributed by atoms with Crippen LogP contribution in [0.3, 0.4) is 0 Å². The summed E-state index contributed by atoms with van der Waals surface area (Å²) in [6.45, 7) is 0.736. The van der Waals surface area contributed by atoms with Crippen LogP contribution in [-0.2, 0) is 9.59 Å². The SMILES string of the molecule is NC(=O)C(CCC=O)N1C(=O)c2ccc(NC[C@H]3C[C@H](n4cc(-c5ncccc5C5CC5)c(C5CC5)n4)C3)cc2C1=O. The average molecular weight is 567 g/mol. The van der Waals surface area contributed by atoms with Crippen molar-refractivity contribution >= 4 is 29.7 Å². The molecule has 3 N–H and O–H groups in total. The number of hydrogen-bond acceptors (Lipinski definition) is 7. The van der Waals surface area contributed by atoms with Gasteiger partial charge in [0, 0.05) is 42.5 Å². The number of imide groups is 1. The van der Waals surface area contributed by atoms with E-state index < -0.39 is 23.8 Å². The molecule has 0 saturated heterocycles. The number of pyridine rings is 1. The number of hydrogen-bond donors (Lipinski definition) is 2. The minimum absolute atomic E-state index is 0.0156. The van der Waals surface area contributed by atoms with E-state index in [1.165, 1.54) is 42.5 Å². The molecule has 0 spiro atoms. The van der Waals surface area contributed by atoms with E-state index in [1.807, 2.05) is 12.3 Å². The second-order valence-electron chi connectivity index (χ2n) is 12.2. The summed E-state index contributed by atoms with van der Waals surface area (Å²) in [6, 6.07) is 8.52. The number of primary amides is 1. The number of aldehydes is 1. The van der Waals surface area contributed by atoms with Crippen molar-refractivity contribution in [2.75, 3.05) is 11.9 Å². The molecular weight excluding hydrogens is 532 g/mol. The highest BCUT2D eigenvalue weighted by Gasteiger charge is 2.42. The Balaban J connectivity index is 0.999. The van der Waals surface area contributed by atoms with Crippen molar-refractivity contribution in [1.82, 2.24) is 19.7 Å². The van der Waals surface area contributed by atoms with Crippen LogP contribution in [0.2, 0.25) is 0 Å². The van der Waals surface area contributed by atoms with Crippen molar-refractivity contribution in [3.8, 4) is 11.3 Å². The highest BCUT2D eigenvalue weighted by molar-refractivity contribution is 6.23. The van der Waals surface area contributed by atoms with Gasteiger partial charge in [-0.2, -0.15) is 5.10 Å². The molecule has 4 aliphatic rings. The Morgan fingerprint density at radius 3 is 2.52 bits per heavy atom. The Labute approximate surface area is 243 Å². The summed E-state index contributed by atoms with van der Waals surface area (Å²) < 4.78 is 2.17. The van der Waals surface area contributed by atoms with Gasteiger partial charge in [-0.15, -0.1) is 0 Å². The van der Waals surface area contributed by atoms with Crippen LogP contribution in [0.5, 0.6) is 0 Å². The Bertz CT molecular complexity index is 1580. The monoisotopic (exact) mass is 566 g/mol. The minimum Gasteiger partial charge on any atom is -0.385 e. The molecule has 42 heavy (non-hydrogen) atoms. The molecule has 3 aromatic rings. The third kappa shape index (κ3) is 4.78. The van der Waals surface area contributed by atoms with Gasteiger partial charge in [0.2, 0.25) is 5.91 Å². The molecule has 1 atom stereocenters. The lowest BCUT2D eigenvalue weighted by atomic mass is 9.80. The zero-order chi connectivity index (χ0) is 29.0. The highest BCUT2D eigenvalue weighted by atomic mass is 16.2. The lowest BCUT2D eigenvalue weighted by Crippen LogP contribution is -2.47. The van der Waals surface area contributed by atoms with Gasteiger partial charge in [-0.1, -0.05) is 6.07 Å². The Hall–Kier alpha value is -4.34. The summed E-state index contributed by atoms with van der Waals surface area (Å²) in [6.07, 6.45) is 11.7. The van der Waals surface area contributed by atoms with E-state index in [9.17, 15) is 19.2 Å².